The zero-order valence-electron chi connectivity index (χ0n) is 14.6. The molecule has 1 amide bonds. The van der Waals surface area contributed by atoms with Crippen LogP contribution in [0.25, 0.3) is 10.2 Å². The number of anilines is 1. The summed E-state index contributed by atoms with van der Waals surface area (Å²) in [7, 11) is 1.54. The molecule has 0 atom stereocenters. The van der Waals surface area contributed by atoms with Gasteiger partial charge in [-0.15, -0.1) is 11.3 Å². The number of para-hydroxylation sites is 1. The van der Waals surface area contributed by atoms with Crippen molar-refractivity contribution in [3.63, 3.8) is 0 Å². The monoisotopic (exact) mass is 386 g/mol. The summed E-state index contributed by atoms with van der Waals surface area (Å²) in [6, 6.07) is 14.6. The second-order valence-electron chi connectivity index (χ2n) is 5.51. The Labute approximate surface area is 159 Å². The molecule has 7 nitrogen and oxygen atoms in total. The number of fused-ring (bicyclic) bond motifs is 1. The molecule has 8 heteroatoms. The lowest BCUT2D eigenvalue weighted by molar-refractivity contribution is -0.152. The summed E-state index contributed by atoms with van der Waals surface area (Å²) < 4.78 is 16.4. The molecule has 0 aliphatic heterocycles. The van der Waals surface area contributed by atoms with E-state index in [9.17, 15) is 9.59 Å². The Morgan fingerprint density at radius 2 is 1.96 bits per heavy atom. The maximum absolute atomic E-state index is 11.8. The molecule has 0 aliphatic rings. The molecule has 140 valence electrons. The zero-order chi connectivity index (χ0) is 19.1. The molecule has 2 aromatic carbocycles. The first-order valence-electron chi connectivity index (χ1n) is 8.16. The molecule has 3 aromatic rings. The van der Waals surface area contributed by atoms with E-state index >= 15 is 0 Å². The van der Waals surface area contributed by atoms with Gasteiger partial charge in [0.1, 0.15) is 17.4 Å². The first kappa shape index (κ1) is 18.8. The van der Waals surface area contributed by atoms with E-state index in [1.165, 1.54) is 18.4 Å². The van der Waals surface area contributed by atoms with E-state index in [1.807, 2.05) is 24.3 Å². The van der Waals surface area contributed by atoms with Crippen LogP contribution < -0.4 is 10.1 Å². The lowest BCUT2D eigenvalue weighted by atomic mass is 10.3. The summed E-state index contributed by atoms with van der Waals surface area (Å²) >= 11 is 1.51. The smallest absolute Gasteiger partial charge is 0.332 e. The lowest BCUT2D eigenvalue weighted by Crippen LogP contribution is -2.22. The van der Waals surface area contributed by atoms with Gasteiger partial charge in [0.2, 0.25) is 0 Å². The van der Waals surface area contributed by atoms with Gasteiger partial charge in [0.25, 0.3) is 5.91 Å². The summed E-state index contributed by atoms with van der Waals surface area (Å²) in [6.07, 6.45) is 0. The first-order chi connectivity index (χ1) is 13.1. The topological polar surface area (TPSA) is 86.8 Å². The molecule has 3 rings (SSSR count). The Hall–Kier alpha value is -2.97. The summed E-state index contributed by atoms with van der Waals surface area (Å²) in [4.78, 5) is 27.9. The highest BCUT2D eigenvalue weighted by molar-refractivity contribution is 7.18. The third-order valence-electron chi connectivity index (χ3n) is 3.50. The molecule has 0 bridgehead atoms. The molecule has 0 unspecified atom stereocenters. The van der Waals surface area contributed by atoms with E-state index in [-0.39, 0.29) is 19.8 Å². The lowest BCUT2D eigenvalue weighted by Gasteiger charge is -2.08. The van der Waals surface area contributed by atoms with Gasteiger partial charge in [-0.1, -0.05) is 18.2 Å². The molecule has 0 saturated carbocycles. The molecule has 0 fully saturated rings. The number of carbonyl (C=O) groups excluding carboxylic acids is 2. The number of benzene rings is 2. The Bertz CT molecular complexity index is 908. The van der Waals surface area contributed by atoms with E-state index in [0.29, 0.717) is 11.4 Å². The predicted octanol–water partition coefficient (Wildman–Crippen LogP) is 3.00. The molecule has 1 heterocycles. The maximum atomic E-state index is 11.8. The van der Waals surface area contributed by atoms with E-state index in [4.69, 9.17) is 14.2 Å². The van der Waals surface area contributed by atoms with E-state index in [1.54, 1.807) is 24.3 Å². The van der Waals surface area contributed by atoms with Gasteiger partial charge in [-0.3, -0.25) is 4.79 Å². The molecule has 0 aliphatic carbocycles. The van der Waals surface area contributed by atoms with E-state index < -0.39 is 11.9 Å². The van der Waals surface area contributed by atoms with E-state index in [2.05, 4.69) is 10.3 Å². The fourth-order valence-corrected chi connectivity index (χ4v) is 3.19. The molecule has 1 aromatic heterocycles. The maximum Gasteiger partial charge on any atom is 0.332 e. The van der Waals surface area contributed by atoms with Crippen LogP contribution in [0.5, 0.6) is 5.75 Å². The average molecular weight is 386 g/mol. The minimum atomic E-state index is -0.614. The number of methoxy groups -OCH3 is 1. The molecule has 0 radical (unpaired) electrons. The Morgan fingerprint density at radius 3 is 2.78 bits per heavy atom. The van der Waals surface area contributed by atoms with Gasteiger partial charge in [-0.05, 0) is 24.3 Å². The number of carbonyl (C=O) groups is 2. The molecule has 1 N–H and O–H groups in total. The largest absolute Gasteiger partial charge is 0.497 e. The predicted molar refractivity (Wildman–Crippen MR) is 102 cm³/mol. The van der Waals surface area contributed by atoms with Crippen LogP contribution in [-0.2, 0) is 25.7 Å². The molecule has 0 spiro atoms. The fraction of sp³-hybridized carbons (Fsp3) is 0.211. The zero-order valence-corrected chi connectivity index (χ0v) is 15.5. The van der Waals surface area contributed by atoms with Crippen LogP contribution in [0, 0.1) is 0 Å². The van der Waals surface area contributed by atoms with Crippen LogP contribution in [0.1, 0.15) is 5.01 Å². The molecule has 0 saturated heterocycles. The van der Waals surface area contributed by atoms with Crippen molar-refractivity contribution in [1.29, 1.82) is 0 Å². The van der Waals surface area contributed by atoms with Crippen molar-refractivity contribution < 1.29 is 23.8 Å². The van der Waals surface area contributed by atoms with Crippen molar-refractivity contribution >= 4 is 39.1 Å². The number of aromatic nitrogens is 1. The van der Waals surface area contributed by atoms with Crippen molar-refractivity contribution in [1.82, 2.24) is 4.98 Å². The highest BCUT2D eigenvalue weighted by Gasteiger charge is 2.10. The number of thiazole rings is 1. The summed E-state index contributed by atoms with van der Waals surface area (Å²) in [5, 5.41) is 3.40. The van der Waals surface area contributed by atoms with Crippen LogP contribution in [0.15, 0.2) is 48.5 Å². The number of hydrogen-bond donors (Lipinski definition) is 1. The molecular formula is C19H18N2O5S. The average Bonchev–Trinajstić information content (AvgIpc) is 3.09. The number of hydrogen-bond acceptors (Lipinski definition) is 7. The summed E-state index contributed by atoms with van der Waals surface area (Å²) in [6.45, 7) is -0.423. The Balaban J connectivity index is 1.38. The van der Waals surface area contributed by atoms with Crippen molar-refractivity contribution in [2.75, 3.05) is 25.6 Å². The normalized spacial score (nSPS) is 10.6. The SMILES string of the molecule is COc1cccc(NC(=O)COC(=O)COCc2nc3ccccc3s2)c1. The number of ether oxygens (including phenoxy) is 3. The second kappa shape index (κ2) is 9.11. The summed E-state index contributed by atoms with van der Waals surface area (Å²) in [5.41, 5.74) is 1.46. The number of rotatable bonds is 8. The van der Waals surface area contributed by atoms with Crippen LogP contribution in [0.2, 0.25) is 0 Å². The fourth-order valence-electron chi connectivity index (χ4n) is 2.29. The number of nitrogens with one attached hydrogen (secondary N) is 1. The minimum absolute atomic E-state index is 0.213. The van der Waals surface area contributed by atoms with Gasteiger partial charge < -0.3 is 19.5 Å². The Morgan fingerprint density at radius 1 is 1.11 bits per heavy atom. The highest BCUT2D eigenvalue weighted by Crippen LogP contribution is 2.22. The number of esters is 1. The van der Waals surface area contributed by atoms with Gasteiger partial charge in [-0.25, -0.2) is 9.78 Å². The van der Waals surface area contributed by atoms with Gasteiger partial charge in [0.15, 0.2) is 6.61 Å². The third kappa shape index (κ3) is 5.50. The van der Waals surface area contributed by atoms with Crippen molar-refractivity contribution in [3.05, 3.63) is 53.5 Å². The number of amides is 1. The van der Waals surface area contributed by atoms with Crippen LogP contribution in [0.4, 0.5) is 5.69 Å². The van der Waals surface area contributed by atoms with Crippen LogP contribution >= 0.6 is 11.3 Å². The van der Waals surface area contributed by atoms with Gasteiger partial charge in [-0.2, -0.15) is 0 Å². The van der Waals surface area contributed by atoms with Crippen molar-refractivity contribution in [3.8, 4) is 5.75 Å². The third-order valence-corrected chi connectivity index (χ3v) is 4.51. The highest BCUT2D eigenvalue weighted by atomic mass is 32.1. The van der Waals surface area contributed by atoms with Gasteiger partial charge >= 0.3 is 5.97 Å². The van der Waals surface area contributed by atoms with Crippen LogP contribution in [0.3, 0.4) is 0 Å². The quantitative estimate of drug-likeness (QED) is 0.599. The molecular weight excluding hydrogens is 368 g/mol. The second-order valence-corrected chi connectivity index (χ2v) is 6.62. The summed E-state index contributed by atoms with van der Waals surface area (Å²) in [5.74, 6) is -0.437. The van der Waals surface area contributed by atoms with Crippen molar-refractivity contribution in [2.24, 2.45) is 0 Å². The molecule has 27 heavy (non-hydrogen) atoms. The van der Waals surface area contributed by atoms with Crippen molar-refractivity contribution in [2.45, 2.75) is 6.61 Å². The standard InChI is InChI=1S/C19H18N2O5S/c1-24-14-6-4-5-13(9-14)20-17(22)10-26-19(23)12-25-11-18-21-15-7-2-3-8-16(15)27-18/h2-9H,10-12H2,1H3,(H,20,22). The Kier molecular flexibility index (Phi) is 6.35. The number of nitrogens with zero attached hydrogens (tertiary/aromatic N) is 1. The van der Waals surface area contributed by atoms with Gasteiger partial charge in [0.05, 0.1) is 23.9 Å². The van der Waals surface area contributed by atoms with E-state index in [0.717, 1.165) is 15.2 Å². The van der Waals surface area contributed by atoms with Crippen LogP contribution in [-0.4, -0.2) is 37.2 Å². The van der Waals surface area contributed by atoms with Gasteiger partial charge in [0, 0.05) is 11.8 Å². The minimum Gasteiger partial charge on any atom is -0.497 e. The first-order valence-corrected chi connectivity index (χ1v) is 8.97.